The van der Waals surface area contributed by atoms with Crippen LogP contribution in [-0.4, -0.2) is 80.9 Å². The number of ether oxygens (including phenoxy) is 3. The van der Waals surface area contributed by atoms with Gasteiger partial charge in [-0.1, -0.05) is 13.3 Å². The largest absolute Gasteiger partial charge is 0.463 e. The summed E-state index contributed by atoms with van der Waals surface area (Å²) < 4.78 is 34.0. The monoisotopic (exact) mass is 451 g/mol. The minimum Gasteiger partial charge on any atom is -0.463 e. The van der Waals surface area contributed by atoms with Crippen molar-refractivity contribution in [1.29, 1.82) is 0 Å². The number of carbonyl (C=O) groups is 1. The van der Waals surface area contributed by atoms with Crippen molar-refractivity contribution >= 4 is 23.0 Å². The molecule has 176 valence electrons. The number of hydrogen-bond acceptors (Lipinski definition) is 9. The molecule has 0 spiro atoms. The van der Waals surface area contributed by atoms with Gasteiger partial charge < -0.3 is 24.2 Å². The second-order valence-corrected chi connectivity index (χ2v) is 8.61. The Morgan fingerprint density at radius 2 is 2.06 bits per heavy atom. The fourth-order valence-electron chi connectivity index (χ4n) is 4.09. The number of anilines is 1. The number of morpholine rings is 1. The molecular weight excluding hydrogens is 421 g/mol. The van der Waals surface area contributed by atoms with Gasteiger partial charge in [-0.05, 0) is 20.3 Å². The van der Waals surface area contributed by atoms with E-state index in [9.17, 15) is 9.90 Å². The average Bonchev–Trinajstić information content (AvgIpc) is 3.28. The van der Waals surface area contributed by atoms with Crippen LogP contribution >= 0.6 is 0 Å². The second kappa shape index (κ2) is 8.87. The van der Waals surface area contributed by atoms with Crippen molar-refractivity contribution in [2.45, 2.75) is 63.6 Å². The van der Waals surface area contributed by atoms with Crippen LogP contribution in [0, 0.1) is 0 Å². The predicted molar refractivity (Wildman–Crippen MR) is 113 cm³/mol. The molecular formula is C21H30FN5O5. The summed E-state index contributed by atoms with van der Waals surface area (Å²) >= 11 is 0. The summed E-state index contributed by atoms with van der Waals surface area (Å²) in [6.07, 6.45) is 2.42. The van der Waals surface area contributed by atoms with Gasteiger partial charge in [-0.25, -0.2) is 19.3 Å². The molecule has 2 aromatic rings. The molecule has 2 saturated heterocycles. The molecule has 4 heterocycles. The molecule has 2 aliphatic heterocycles. The summed E-state index contributed by atoms with van der Waals surface area (Å²) in [5.41, 5.74) is -3.19. The van der Waals surface area contributed by atoms with E-state index in [1.165, 1.54) is 31.1 Å². The number of esters is 1. The van der Waals surface area contributed by atoms with Crippen LogP contribution in [0.2, 0.25) is 0 Å². The van der Waals surface area contributed by atoms with Crippen LogP contribution in [0.5, 0.6) is 0 Å². The molecule has 32 heavy (non-hydrogen) atoms. The SMILES string of the molecule is CCCCC(=O)OC[C@H]1OC(n2cnc3c(N4CCOCC4)ncnc32)[C@](C)(F)C1(C)O. The number of carbonyl (C=O) groups excluding carboxylic acids is 1. The lowest BCUT2D eigenvalue weighted by Crippen LogP contribution is -2.52. The quantitative estimate of drug-likeness (QED) is 0.630. The Labute approximate surface area is 185 Å². The number of rotatable bonds is 7. The van der Waals surface area contributed by atoms with E-state index in [4.69, 9.17) is 14.2 Å². The van der Waals surface area contributed by atoms with E-state index in [2.05, 4.69) is 15.0 Å². The highest BCUT2D eigenvalue weighted by Crippen LogP contribution is 2.49. The molecule has 4 rings (SSSR count). The van der Waals surface area contributed by atoms with Crippen LogP contribution in [0.25, 0.3) is 11.2 Å². The Balaban J connectivity index is 1.59. The van der Waals surface area contributed by atoms with E-state index in [-0.39, 0.29) is 13.0 Å². The minimum absolute atomic E-state index is 0.244. The van der Waals surface area contributed by atoms with Gasteiger partial charge in [0.2, 0.25) is 0 Å². The van der Waals surface area contributed by atoms with Crippen molar-refractivity contribution < 1.29 is 28.5 Å². The van der Waals surface area contributed by atoms with Gasteiger partial charge >= 0.3 is 5.97 Å². The second-order valence-electron chi connectivity index (χ2n) is 8.61. The van der Waals surface area contributed by atoms with Crippen LogP contribution in [-0.2, 0) is 19.0 Å². The van der Waals surface area contributed by atoms with Gasteiger partial charge in [0.25, 0.3) is 0 Å². The fourth-order valence-corrected chi connectivity index (χ4v) is 4.09. The zero-order valence-electron chi connectivity index (χ0n) is 18.7. The summed E-state index contributed by atoms with van der Waals surface area (Å²) in [5, 5.41) is 11.0. The van der Waals surface area contributed by atoms with Crippen molar-refractivity contribution in [3.63, 3.8) is 0 Å². The third kappa shape index (κ3) is 3.93. The van der Waals surface area contributed by atoms with Gasteiger partial charge in [-0.15, -0.1) is 0 Å². The molecule has 2 unspecified atom stereocenters. The third-order valence-electron chi connectivity index (χ3n) is 6.41. The summed E-state index contributed by atoms with van der Waals surface area (Å²) in [7, 11) is 0. The number of nitrogens with zero attached hydrogens (tertiary/aromatic N) is 5. The molecule has 10 nitrogen and oxygen atoms in total. The van der Waals surface area contributed by atoms with Gasteiger partial charge in [-0.2, -0.15) is 0 Å². The summed E-state index contributed by atoms with van der Waals surface area (Å²) in [5.74, 6) is 0.245. The summed E-state index contributed by atoms with van der Waals surface area (Å²) in [4.78, 5) is 27.0. The zero-order chi connectivity index (χ0) is 22.9. The van der Waals surface area contributed by atoms with E-state index < -0.39 is 29.6 Å². The number of halogens is 1. The fraction of sp³-hybridized carbons (Fsp3) is 0.714. The number of fused-ring (bicyclic) bond motifs is 1. The number of unbranched alkanes of at least 4 members (excludes halogenated alkanes) is 1. The lowest BCUT2D eigenvalue weighted by Gasteiger charge is -2.33. The Bertz CT molecular complexity index is 959. The van der Waals surface area contributed by atoms with Gasteiger partial charge in [0.1, 0.15) is 24.6 Å². The molecule has 0 aromatic carbocycles. The highest BCUT2D eigenvalue weighted by atomic mass is 19.1. The van der Waals surface area contributed by atoms with E-state index in [0.717, 1.165) is 6.42 Å². The molecule has 0 amide bonds. The van der Waals surface area contributed by atoms with E-state index in [1.54, 1.807) is 0 Å². The molecule has 0 aliphatic carbocycles. The molecule has 2 aromatic heterocycles. The van der Waals surface area contributed by atoms with Gasteiger partial charge in [0.05, 0.1) is 19.5 Å². The molecule has 4 atom stereocenters. The van der Waals surface area contributed by atoms with Crippen LogP contribution in [0.15, 0.2) is 12.7 Å². The molecule has 11 heteroatoms. The Morgan fingerprint density at radius 1 is 1.31 bits per heavy atom. The number of aromatic nitrogens is 4. The summed E-state index contributed by atoms with van der Waals surface area (Å²) in [6.45, 7) is 6.86. The first kappa shape index (κ1) is 22.8. The topological polar surface area (TPSA) is 112 Å². The first-order chi connectivity index (χ1) is 15.3. The van der Waals surface area contributed by atoms with Crippen molar-refractivity contribution in [3.8, 4) is 0 Å². The maximum absolute atomic E-state index is 15.9. The number of hydrogen-bond donors (Lipinski definition) is 1. The lowest BCUT2D eigenvalue weighted by molar-refractivity contribution is -0.153. The van der Waals surface area contributed by atoms with E-state index >= 15 is 4.39 Å². The van der Waals surface area contributed by atoms with Crippen LogP contribution in [0.3, 0.4) is 0 Å². The third-order valence-corrected chi connectivity index (χ3v) is 6.41. The van der Waals surface area contributed by atoms with Gasteiger partial charge in [-0.3, -0.25) is 9.36 Å². The average molecular weight is 451 g/mol. The van der Waals surface area contributed by atoms with Crippen molar-refractivity contribution in [2.75, 3.05) is 37.8 Å². The molecule has 0 saturated carbocycles. The van der Waals surface area contributed by atoms with Crippen molar-refractivity contribution in [1.82, 2.24) is 19.5 Å². The normalized spacial score (nSPS) is 30.7. The molecule has 0 radical (unpaired) electrons. The highest BCUT2D eigenvalue weighted by Gasteiger charge is 2.63. The Morgan fingerprint density at radius 3 is 2.78 bits per heavy atom. The standard InChI is InChI=1S/C21H30FN5O5/c1-4-5-6-15(28)31-11-14-21(3,29)20(2,22)19(32-14)27-13-25-16-17(23-12-24-18(16)27)26-7-9-30-10-8-26/h12-14,19,29H,4-11H2,1-3H3/t14-,19?,20+,21?/m1/s1. The van der Waals surface area contributed by atoms with Crippen molar-refractivity contribution in [3.05, 3.63) is 12.7 Å². The Kier molecular flexibility index (Phi) is 6.33. The predicted octanol–water partition coefficient (Wildman–Crippen LogP) is 1.77. The van der Waals surface area contributed by atoms with E-state index in [0.29, 0.717) is 49.7 Å². The van der Waals surface area contributed by atoms with Gasteiger partial charge in [0, 0.05) is 19.5 Å². The number of alkyl halides is 1. The maximum atomic E-state index is 15.9. The van der Waals surface area contributed by atoms with Crippen LogP contribution < -0.4 is 4.90 Å². The van der Waals surface area contributed by atoms with Crippen LogP contribution in [0.4, 0.5) is 10.2 Å². The molecule has 2 fully saturated rings. The smallest absolute Gasteiger partial charge is 0.305 e. The first-order valence-corrected chi connectivity index (χ1v) is 11.0. The van der Waals surface area contributed by atoms with Crippen LogP contribution in [0.1, 0.15) is 46.3 Å². The Hall–Kier alpha value is -2.37. The minimum atomic E-state index is -2.20. The number of imidazole rings is 1. The maximum Gasteiger partial charge on any atom is 0.305 e. The molecule has 2 aliphatic rings. The number of aliphatic hydroxyl groups is 1. The first-order valence-electron chi connectivity index (χ1n) is 11.0. The van der Waals surface area contributed by atoms with Gasteiger partial charge in [0.15, 0.2) is 28.9 Å². The van der Waals surface area contributed by atoms with Crippen molar-refractivity contribution in [2.24, 2.45) is 0 Å². The highest BCUT2D eigenvalue weighted by molar-refractivity contribution is 5.83. The lowest BCUT2D eigenvalue weighted by atomic mass is 9.84. The van der Waals surface area contributed by atoms with E-state index in [1.807, 2.05) is 11.8 Å². The molecule has 0 bridgehead atoms. The summed E-state index contributed by atoms with van der Waals surface area (Å²) in [6, 6.07) is 0. The molecule has 1 N–H and O–H groups in total. The zero-order valence-corrected chi connectivity index (χ0v) is 18.7.